The Kier molecular flexibility index (Phi) is 5.97. The Hall–Kier alpha value is -3.06. The molecule has 8 heteroatoms. The Labute approximate surface area is 148 Å². The lowest BCUT2D eigenvalue weighted by Gasteiger charge is -2.13. The van der Waals surface area contributed by atoms with Crippen LogP contribution in [0.2, 0.25) is 5.02 Å². The monoisotopic (exact) mass is 362 g/mol. The number of benzene rings is 1. The van der Waals surface area contributed by atoms with E-state index in [9.17, 15) is 14.4 Å². The smallest absolute Gasteiger partial charge is 0.325 e. The van der Waals surface area contributed by atoms with Crippen LogP contribution in [0.3, 0.4) is 0 Å². The zero-order chi connectivity index (χ0) is 18.4. The molecule has 0 saturated heterocycles. The molecule has 0 spiro atoms. The first-order valence-electron chi connectivity index (χ1n) is 7.22. The van der Waals surface area contributed by atoms with E-state index in [1.165, 1.54) is 31.4 Å². The summed E-state index contributed by atoms with van der Waals surface area (Å²) < 4.78 is 4.98. The van der Waals surface area contributed by atoms with Crippen molar-refractivity contribution < 1.29 is 23.9 Å². The summed E-state index contributed by atoms with van der Waals surface area (Å²) in [7, 11) is 0. The topological polar surface area (TPSA) is 109 Å². The van der Waals surface area contributed by atoms with Crippen molar-refractivity contribution in [2.75, 3.05) is 0 Å². The number of hydrogen-bond acceptors (Lipinski definition) is 4. The van der Waals surface area contributed by atoms with E-state index in [1.807, 2.05) is 0 Å². The number of hydrogen-bond donors (Lipinski definition) is 3. The number of nitrogens with one attached hydrogen (secondary N) is 2. The van der Waals surface area contributed by atoms with Crippen molar-refractivity contribution in [3.63, 3.8) is 0 Å². The van der Waals surface area contributed by atoms with Crippen LogP contribution >= 0.6 is 11.6 Å². The van der Waals surface area contributed by atoms with Crippen molar-refractivity contribution in [3.05, 3.63) is 64.7 Å². The van der Waals surface area contributed by atoms with Gasteiger partial charge in [-0.3, -0.25) is 14.4 Å². The van der Waals surface area contributed by atoms with E-state index in [0.29, 0.717) is 10.6 Å². The maximum atomic E-state index is 12.3. The van der Waals surface area contributed by atoms with Crippen molar-refractivity contribution >= 4 is 35.5 Å². The SMILES string of the molecule is C[C@@H](NC(=O)/C(=C/c1ccc(Cl)cc1)NC(=O)c1ccco1)C(=O)O. The van der Waals surface area contributed by atoms with E-state index in [0.717, 1.165) is 0 Å². The lowest BCUT2D eigenvalue weighted by molar-refractivity contribution is -0.140. The standard InChI is InChI=1S/C17H15ClN2O5/c1-10(17(23)24)19-15(21)13(9-11-4-6-12(18)7-5-11)20-16(22)14-3-2-8-25-14/h2-10H,1H3,(H,19,21)(H,20,22)(H,23,24)/b13-9-/t10-/m1/s1. The van der Waals surface area contributed by atoms with Gasteiger partial charge in [0.2, 0.25) is 0 Å². The number of amides is 2. The van der Waals surface area contributed by atoms with Gasteiger partial charge >= 0.3 is 5.97 Å². The number of halogens is 1. The third kappa shape index (κ3) is 5.22. The van der Waals surface area contributed by atoms with Crippen LogP contribution in [0, 0.1) is 0 Å². The van der Waals surface area contributed by atoms with Gasteiger partial charge in [0.05, 0.1) is 6.26 Å². The second-order valence-electron chi connectivity index (χ2n) is 5.07. The van der Waals surface area contributed by atoms with E-state index in [-0.39, 0.29) is 11.5 Å². The fourth-order valence-electron chi connectivity index (χ4n) is 1.81. The second-order valence-corrected chi connectivity index (χ2v) is 5.51. The van der Waals surface area contributed by atoms with Crippen molar-refractivity contribution in [2.24, 2.45) is 0 Å². The molecule has 2 rings (SSSR count). The minimum absolute atomic E-state index is 0.0149. The molecular weight excluding hydrogens is 348 g/mol. The summed E-state index contributed by atoms with van der Waals surface area (Å²) in [5, 5.41) is 14.1. The van der Waals surface area contributed by atoms with Gasteiger partial charge in [0.1, 0.15) is 11.7 Å². The first-order valence-corrected chi connectivity index (χ1v) is 7.60. The quantitative estimate of drug-likeness (QED) is 0.683. The van der Waals surface area contributed by atoms with Gasteiger partial charge in [-0.25, -0.2) is 0 Å². The number of carbonyl (C=O) groups is 3. The summed E-state index contributed by atoms with van der Waals surface area (Å²) in [6, 6.07) is 8.39. The van der Waals surface area contributed by atoms with Gasteiger partial charge in [0.15, 0.2) is 5.76 Å². The van der Waals surface area contributed by atoms with Crippen LogP contribution < -0.4 is 10.6 Å². The normalized spacial score (nSPS) is 12.3. The molecule has 0 unspecified atom stereocenters. The molecule has 0 radical (unpaired) electrons. The van der Waals surface area contributed by atoms with Crippen LogP contribution in [0.15, 0.2) is 52.8 Å². The highest BCUT2D eigenvalue weighted by molar-refractivity contribution is 6.30. The van der Waals surface area contributed by atoms with Gasteiger partial charge in [-0.15, -0.1) is 0 Å². The number of rotatable bonds is 6. The summed E-state index contributed by atoms with van der Waals surface area (Å²) in [5.74, 6) is -2.56. The van der Waals surface area contributed by atoms with Crippen LogP contribution in [0.25, 0.3) is 6.08 Å². The van der Waals surface area contributed by atoms with Crippen molar-refractivity contribution in [3.8, 4) is 0 Å². The second kappa shape index (κ2) is 8.16. The summed E-state index contributed by atoms with van der Waals surface area (Å²) in [6.45, 7) is 1.31. The Balaban J connectivity index is 2.26. The van der Waals surface area contributed by atoms with Crippen molar-refractivity contribution in [1.29, 1.82) is 0 Å². The van der Waals surface area contributed by atoms with Crippen LogP contribution in [-0.2, 0) is 9.59 Å². The summed E-state index contributed by atoms with van der Waals surface area (Å²) in [6.07, 6.45) is 2.73. The van der Waals surface area contributed by atoms with Gasteiger partial charge in [0.25, 0.3) is 11.8 Å². The maximum absolute atomic E-state index is 12.3. The first kappa shape index (κ1) is 18.3. The number of aliphatic carboxylic acids is 1. The molecular formula is C17H15ClN2O5. The average Bonchev–Trinajstić information content (AvgIpc) is 3.10. The van der Waals surface area contributed by atoms with Crippen LogP contribution in [0.5, 0.6) is 0 Å². The predicted octanol–water partition coefficient (Wildman–Crippen LogP) is 2.29. The Morgan fingerprint density at radius 3 is 2.44 bits per heavy atom. The number of carbonyl (C=O) groups excluding carboxylic acids is 2. The van der Waals surface area contributed by atoms with E-state index < -0.39 is 23.8 Å². The molecule has 2 amide bonds. The van der Waals surface area contributed by atoms with Crippen LogP contribution in [-0.4, -0.2) is 28.9 Å². The number of furan rings is 1. The molecule has 3 N–H and O–H groups in total. The molecule has 0 bridgehead atoms. The number of carboxylic acid groups (broad SMARTS) is 1. The van der Waals surface area contributed by atoms with Gasteiger partial charge in [-0.2, -0.15) is 0 Å². The van der Waals surface area contributed by atoms with Gasteiger partial charge in [0, 0.05) is 5.02 Å². The molecule has 1 aromatic carbocycles. The highest BCUT2D eigenvalue weighted by Gasteiger charge is 2.20. The minimum atomic E-state index is -1.20. The maximum Gasteiger partial charge on any atom is 0.325 e. The van der Waals surface area contributed by atoms with Gasteiger partial charge in [-0.1, -0.05) is 23.7 Å². The Morgan fingerprint density at radius 2 is 1.88 bits per heavy atom. The van der Waals surface area contributed by atoms with Crippen LogP contribution in [0.1, 0.15) is 23.0 Å². The Morgan fingerprint density at radius 1 is 1.20 bits per heavy atom. The molecule has 0 aliphatic carbocycles. The summed E-state index contributed by atoms with van der Waals surface area (Å²) >= 11 is 5.82. The Bertz CT molecular complexity index is 797. The van der Waals surface area contributed by atoms with Crippen molar-refractivity contribution in [2.45, 2.75) is 13.0 Å². The molecule has 7 nitrogen and oxygen atoms in total. The third-order valence-corrected chi connectivity index (χ3v) is 3.39. The minimum Gasteiger partial charge on any atom is -0.480 e. The average molecular weight is 363 g/mol. The van der Waals surface area contributed by atoms with Crippen molar-refractivity contribution in [1.82, 2.24) is 10.6 Å². The molecule has 0 aliphatic heterocycles. The zero-order valence-corrected chi connectivity index (χ0v) is 13.9. The molecule has 2 aromatic rings. The third-order valence-electron chi connectivity index (χ3n) is 3.14. The molecule has 1 heterocycles. The molecule has 130 valence electrons. The van der Waals surface area contributed by atoms with E-state index in [4.69, 9.17) is 21.1 Å². The van der Waals surface area contributed by atoms with E-state index in [1.54, 1.807) is 24.3 Å². The fourth-order valence-corrected chi connectivity index (χ4v) is 1.94. The lowest BCUT2D eigenvalue weighted by Crippen LogP contribution is -2.42. The van der Waals surface area contributed by atoms with E-state index >= 15 is 0 Å². The zero-order valence-electron chi connectivity index (χ0n) is 13.2. The highest BCUT2D eigenvalue weighted by Crippen LogP contribution is 2.12. The van der Waals surface area contributed by atoms with Gasteiger partial charge in [-0.05, 0) is 42.8 Å². The highest BCUT2D eigenvalue weighted by atomic mass is 35.5. The van der Waals surface area contributed by atoms with Gasteiger partial charge < -0.3 is 20.2 Å². The fraction of sp³-hybridized carbons (Fsp3) is 0.118. The summed E-state index contributed by atoms with van der Waals surface area (Å²) in [5.41, 5.74) is 0.467. The predicted molar refractivity (Wildman–Crippen MR) is 90.8 cm³/mol. The number of carboxylic acids is 1. The molecule has 0 aliphatic rings. The lowest BCUT2D eigenvalue weighted by atomic mass is 10.1. The molecule has 1 atom stereocenters. The van der Waals surface area contributed by atoms with E-state index in [2.05, 4.69) is 10.6 Å². The molecule has 25 heavy (non-hydrogen) atoms. The molecule has 1 aromatic heterocycles. The first-order chi connectivity index (χ1) is 11.9. The summed E-state index contributed by atoms with van der Waals surface area (Å²) in [4.78, 5) is 35.4. The largest absolute Gasteiger partial charge is 0.480 e. The molecule has 0 saturated carbocycles. The molecule has 0 fully saturated rings. The van der Waals surface area contributed by atoms with Crippen LogP contribution in [0.4, 0.5) is 0 Å².